The van der Waals surface area contributed by atoms with Crippen molar-refractivity contribution in [2.45, 2.75) is 45.1 Å². The third kappa shape index (κ3) is 3.24. The summed E-state index contributed by atoms with van der Waals surface area (Å²) in [5.41, 5.74) is 6.07. The molecule has 6 heteroatoms. The van der Waals surface area contributed by atoms with Gasteiger partial charge in [0.15, 0.2) is 6.29 Å². The Balaban J connectivity index is 1.88. The third-order valence-electron chi connectivity index (χ3n) is 2.77. The minimum atomic E-state index is -0.152. The lowest BCUT2D eigenvalue weighted by Crippen LogP contribution is -2.30. The molecule has 96 valence electrons. The molecule has 0 saturated carbocycles. The Kier molecular flexibility index (Phi) is 4.09. The summed E-state index contributed by atoms with van der Waals surface area (Å²) in [6.07, 6.45) is 2.82. The molecule has 0 amide bonds. The zero-order valence-electron chi connectivity index (χ0n) is 10.4. The van der Waals surface area contributed by atoms with E-state index in [2.05, 4.69) is 23.9 Å². The summed E-state index contributed by atoms with van der Waals surface area (Å²) in [4.78, 5) is 4.24. The highest BCUT2D eigenvalue weighted by atomic mass is 16.7. The van der Waals surface area contributed by atoms with Crippen molar-refractivity contribution in [1.82, 2.24) is 14.8 Å². The lowest BCUT2D eigenvalue weighted by atomic mass is 10.1. The van der Waals surface area contributed by atoms with E-state index in [9.17, 15) is 0 Å². The van der Waals surface area contributed by atoms with Crippen molar-refractivity contribution < 1.29 is 9.47 Å². The molecule has 0 radical (unpaired) electrons. The van der Waals surface area contributed by atoms with Gasteiger partial charge >= 0.3 is 0 Å². The summed E-state index contributed by atoms with van der Waals surface area (Å²) < 4.78 is 12.6. The largest absolute Gasteiger partial charge is 0.350 e. The second kappa shape index (κ2) is 5.57. The average molecular weight is 240 g/mol. The molecule has 2 heterocycles. The monoisotopic (exact) mass is 240 g/mol. The van der Waals surface area contributed by atoms with E-state index in [0.717, 1.165) is 5.82 Å². The van der Waals surface area contributed by atoms with Gasteiger partial charge < -0.3 is 15.2 Å². The summed E-state index contributed by atoms with van der Waals surface area (Å²) in [6, 6.07) is 0.290. The van der Waals surface area contributed by atoms with Crippen LogP contribution in [0.25, 0.3) is 0 Å². The van der Waals surface area contributed by atoms with Crippen LogP contribution in [-0.2, 0) is 15.9 Å². The Morgan fingerprint density at radius 2 is 2.18 bits per heavy atom. The van der Waals surface area contributed by atoms with Gasteiger partial charge in [-0.25, -0.2) is 9.67 Å². The molecule has 17 heavy (non-hydrogen) atoms. The van der Waals surface area contributed by atoms with Crippen molar-refractivity contribution >= 4 is 0 Å². The third-order valence-corrected chi connectivity index (χ3v) is 2.77. The van der Waals surface area contributed by atoms with Crippen LogP contribution >= 0.6 is 0 Å². The molecule has 1 aromatic heterocycles. The second-order valence-electron chi connectivity index (χ2n) is 4.59. The first kappa shape index (κ1) is 12.5. The van der Waals surface area contributed by atoms with E-state index in [1.807, 2.05) is 4.68 Å². The number of ether oxygens (including phenoxy) is 2. The molecule has 0 aromatic carbocycles. The number of hydrogen-bond acceptors (Lipinski definition) is 5. The zero-order valence-corrected chi connectivity index (χ0v) is 10.4. The van der Waals surface area contributed by atoms with Gasteiger partial charge in [-0.05, 0) is 13.8 Å². The SMILES string of the molecule is CC(C)n1ncnc1CC(N)CC1OCCO1. The van der Waals surface area contributed by atoms with Gasteiger partial charge in [0.2, 0.25) is 0 Å². The van der Waals surface area contributed by atoms with Gasteiger partial charge in [0, 0.05) is 24.9 Å². The first-order chi connectivity index (χ1) is 8.16. The fourth-order valence-corrected chi connectivity index (χ4v) is 1.96. The summed E-state index contributed by atoms with van der Waals surface area (Å²) >= 11 is 0. The molecule has 2 rings (SSSR count). The molecular formula is C11H20N4O2. The molecule has 0 bridgehead atoms. The minimum Gasteiger partial charge on any atom is -0.350 e. The molecule has 6 nitrogen and oxygen atoms in total. The molecule has 1 fully saturated rings. The predicted octanol–water partition coefficient (Wildman–Crippen LogP) is 0.492. The quantitative estimate of drug-likeness (QED) is 0.810. The van der Waals surface area contributed by atoms with E-state index >= 15 is 0 Å². The maximum absolute atomic E-state index is 6.07. The normalized spacial score (nSPS) is 19.1. The van der Waals surface area contributed by atoms with Gasteiger partial charge in [0.25, 0.3) is 0 Å². The van der Waals surface area contributed by atoms with Crippen molar-refractivity contribution in [1.29, 1.82) is 0 Å². The van der Waals surface area contributed by atoms with Crippen LogP contribution in [0.1, 0.15) is 32.1 Å². The maximum atomic E-state index is 6.07. The topological polar surface area (TPSA) is 75.2 Å². The zero-order chi connectivity index (χ0) is 12.3. The van der Waals surface area contributed by atoms with Crippen LogP contribution in [-0.4, -0.2) is 40.3 Å². The predicted molar refractivity (Wildman–Crippen MR) is 62.4 cm³/mol. The second-order valence-corrected chi connectivity index (χ2v) is 4.59. The van der Waals surface area contributed by atoms with E-state index in [1.54, 1.807) is 6.33 Å². The highest BCUT2D eigenvalue weighted by molar-refractivity contribution is 4.90. The van der Waals surface area contributed by atoms with Gasteiger partial charge in [0.05, 0.1) is 13.2 Å². The van der Waals surface area contributed by atoms with Gasteiger partial charge in [0.1, 0.15) is 12.2 Å². The van der Waals surface area contributed by atoms with Crippen molar-refractivity contribution in [3.05, 3.63) is 12.2 Å². The van der Waals surface area contributed by atoms with E-state index in [0.29, 0.717) is 32.1 Å². The molecule has 2 N–H and O–H groups in total. The molecule has 0 aliphatic carbocycles. The van der Waals surface area contributed by atoms with Gasteiger partial charge in [-0.2, -0.15) is 5.10 Å². The molecule has 1 aliphatic rings. The Morgan fingerprint density at radius 1 is 1.47 bits per heavy atom. The molecule has 1 aliphatic heterocycles. The Bertz CT molecular complexity index is 347. The van der Waals surface area contributed by atoms with Crippen LogP contribution < -0.4 is 5.73 Å². The van der Waals surface area contributed by atoms with Crippen LogP contribution in [0, 0.1) is 0 Å². The molecule has 1 atom stereocenters. The van der Waals surface area contributed by atoms with Crippen LogP contribution in [0.15, 0.2) is 6.33 Å². The first-order valence-corrected chi connectivity index (χ1v) is 6.04. The smallest absolute Gasteiger partial charge is 0.159 e. The summed E-state index contributed by atoms with van der Waals surface area (Å²) in [7, 11) is 0. The van der Waals surface area contributed by atoms with Crippen LogP contribution in [0.2, 0.25) is 0 Å². The van der Waals surface area contributed by atoms with Crippen molar-refractivity contribution in [3.63, 3.8) is 0 Å². The Labute approximate surface area is 101 Å². The number of aromatic nitrogens is 3. The van der Waals surface area contributed by atoms with Gasteiger partial charge in [-0.15, -0.1) is 0 Å². The van der Waals surface area contributed by atoms with Crippen molar-refractivity contribution in [3.8, 4) is 0 Å². The fourth-order valence-electron chi connectivity index (χ4n) is 1.96. The molecule has 1 unspecified atom stereocenters. The number of rotatable bonds is 5. The number of nitrogens with two attached hydrogens (primary N) is 1. The fraction of sp³-hybridized carbons (Fsp3) is 0.818. The van der Waals surface area contributed by atoms with Crippen LogP contribution in [0.3, 0.4) is 0 Å². The minimum absolute atomic E-state index is 0.0141. The van der Waals surface area contributed by atoms with Crippen LogP contribution in [0.5, 0.6) is 0 Å². The van der Waals surface area contributed by atoms with Crippen molar-refractivity contribution in [2.24, 2.45) is 5.73 Å². The standard InChI is InChI=1S/C11H20N4O2/c1-8(2)15-10(13-7-14-15)5-9(12)6-11-16-3-4-17-11/h7-9,11H,3-6,12H2,1-2H3. The lowest BCUT2D eigenvalue weighted by molar-refractivity contribution is -0.0505. The summed E-state index contributed by atoms with van der Waals surface area (Å²) in [5.74, 6) is 0.922. The molecule has 1 aromatic rings. The average Bonchev–Trinajstić information content (AvgIpc) is 2.88. The van der Waals surface area contributed by atoms with Crippen molar-refractivity contribution in [2.75, 3.05) is 13.2 Å². The highest BCUT2D eigenvalue weighted by Gasteiger charge is 2.21. The number of hydrogen-bond donors (Lipinski definition) is 1. The molecular weight excluding hydrogens is 220 g/mol. The summed E-state index contributed by atoms with van der Waals surface area (Å²) in [6.45, 7) is 5.49. The first-order valence-electron chi connectivity index (χ1n) is 6.04. The number of nitrogens with zero attached hydrogens (tertiary/aromatic N) is 3. The van der Waals surface area contributed by atoms with Crippen LogP contribution in [0.4, 0.5) is 0 Å². The molecule has 0 spiro atoms. The van der Waals surface area contributed by atoms with E-state index in [4.69, 9.17) is 15.2 Å². The Hall–Kier alpha value is -0.980. The van der Waals surface area contributed by atoms with Gasteiger partial charge in [-0.3, -0.25) is 0 Å². The molecule has 1 saturated heterocycles. The highest BCUT2D eigenvalue weighted by Crippen LogP contribution is 2.13. The van der Waals surface area contributed by atoms with E-state index < -0.39 is 0 Å². The Morgan fingerprint density at radius 3 is 2.82 bits per heavy atom. The van der Waals surface area contributed by atoms with Gasteiger partial charge in [-0.1, -0.05) is 0 Å². The van der Waals surface area contributed by atoms with E-state index in [-0.39, 0.29) is 12.3 Å². The van der Waals surface area contributed by atoms with E-state index in [1.165, 1.54) is 0 Å². The summed E-state index contributed by atoms with van der Waals surface area (Å²) in [5, 5.41) is 4.19. The lowest BCUT2D eigenvalue weighted by Gasteiger charge is -2.16. The maximum Gasteiger partial charge on any atom is 0.159 e.